The molecular weight excluding hydrogens is 306 g/mol. The van der Waals surface area contributed by atoms with Crippen LogP contribution in [0.1, 0.15) is 19.3 Å². The fraction of sp³-hybridized carbons (Fsp3) is 0.529. The van der Waals surface area contributed by atoms with Gasteiger partial charge in [-0.15, -0.1) is 0 Å². The van der Waals surface area contributed by atoms with Gasteiger partial charge in [-0.2, -0.15) is 0 Å². The van der Waals surface area contributed by atoms with E-state index < -0.39 is 0 Å². The number of nitrogens with one attached hydrogen (secondary N) is 3. The molecule has 2 aromatic rings. The van der Waals surface area contributed by atoms with E-state index in [-0.39, 0.29) is 17.6 Å². The molecule has 4 heterocycles. The van der Waals surface area contributed by atoms with Crippen molar-refractivity contribution in [1.29, 1.82) is 0 Å². The van der Waals surface area contributed by atoms with Crippen molar-refractivity contribution in [3.05, 3.63) is 24.5 Å². The van der Waals surface area contributed by atoms with Gasteiger partial charge in [0, 0.05) is 42.9 Å². The monoisotopic (exact) mass is 329 g/mol. The lowest BCUT2D eigenvalue weighted by molar-refractivity contribution is 0.00178. The molecule has 1 spiro atoms. The lowest BCUT2D eigenvalue weighted by atomic mass is 9.87. The number of fused-ring (bicyclic) bond motifs is 1. The molecule has 128 valence electrons. The number of anilines is 1. The summed E-state index contributed by atoms with van der Waals surface area (Å²) in [5.74, 6) is 0.562. The van der Waals surface area contributed by atoms with Crippen molar-refractivity contribution in [2.45, 2.75) is 30.8 Å². The van der Waals surface area contributed by atoms with E-state index in [4.69, 9.17) is 4.74 Å². The Morgan fingerprint density at radius 1 is 1.46 bits per heavy atom. The molecule has 1 unspecified atom stereocenters. The highest BCUT2D eigenvalue weighted by Crippen LogP contribution is 2.36. The van der Waals surface area contributed by atoms with Gasteiger partial charge >= 0.3 is 6.03 Å². The summed E-state index contributed by atoms with van der Waals surface area (Å²) in [6, 6.07) is 3.79. The summed E-state index contributed by atoms with van der Waals surface area (Å²) in [5.41, 5.74) is 1.14. The molecule has 2 aliphatic rings. The van der Waals surface area contributed by atoms with Gasteiger partial charge in [-0.1, -0.05) is 0 Å². The molecule has 0 saturated carbocycles. The summed E-state index contributed by atoms with van der Waals surface area (Å²) in [5, 5.41) is 6.96. The summed E-state index contributed by atoms with van der Waals surface area (Å²) >= 11 is 0. The van der Waals surface area contributed by atoms with E-state index in [0.717, 1.165) is 49.9 Å². The number of pyridine rings is 1. The van der Waals surface area contributed by atoms with E-state index in [1.54, 1.807) is 6.20 Å². The van der Waals surface area contributed by atoms with Crippen LogP contribution in [0.25, 0.3) is 10.9 Å². The van der Waals surface area contributed by atoms with E-state index >= 15 is 0 Å². The number of rotatable bonds is 2. The van der Waals surface area contributed by atoms with Gasteiger partial charge in [0.25, 0.3) is 0 Å². The number of hydrogen-bond acceptors (Lipinski definition) is 4. The van der Waals surface area contributed by atoms with Gasteiger partial charge in [-0.05, 0) is 38.4 Å². The predicted octanol–water partition coefficient (Wildman–Crippen LogP) is 1.94. The van der Waals surface area contributed by atoms with Crippen LogP contribution in [0.5, 0.6) is 0 Å². The van der Waals surface area contributed by atoms with E-state index in [2.05, 4.69) is 32.5 Å². The fourth-order valence-corrected chi connectivity index (χ4v) is 3.99. The van der Waals surface area contributed by atoms with E-state index in [0.29, 0.717) is 5.82 Å². The third-order valence-corrected chi connectivity index (χ3v) is 5.37. The minimum Gasteiger partial charge on any atom is -0.381 e. The van der Waals surface area contributed by atoms with Gasteiger partial charge in [-0.3, -0.25) is 10.2 Å². The Kier molecular flexibility index (Phi) is 3.90. The number of aromatic amines is 1. The number of carbonyl (C=O) groups is 1. The van der Waals surface area contributed by atoms with Gasteiger partial charge in [-0.25, -0.2) is 9.78 Å². The Hall–Kier alpha value is -2.12. The van der Waals surface area contributed by atoms with E-state index in [1.165, 1.54) is 0 Å². The Bertz CT molecular complexity index is 737. The number of aromatic nitrogens is 2. The molecule has 3 N–H and O–H groups in total. The van der Waals surface area contributed by atoms with E-state index in [9.17, 15) is 4.79 Å². The van der Waals surface area contributed by atoms with E-state index in [1.807, 2.05) is 18.3 Å². The maximum absolute atomic E-state index is 12.3. The molecular formula is C17H23N5O2. The zero-order valence-electron chi connectivity index (χ0n) is 13.8. The molecule has 7 heteroatoms. The van der Waals surface area contributed by atoms with Crippen LogP contribution in [-0.2, 0) is 4.74 Å². The van der Waals surface area contributed by atoms with Gasteiger partial charge in [0.05, 0.1) is 11.7 Å². The quantitative estimate of drug-likeness (QED) is 0.786. The Labute approximate surface area is 140 Å². The normalized spacial score (nSPS) is 23.6. The highest BCUT2D eigenvalue weighted by atomic mass is 16.5. The molecule has 4 rings (SSSR count). The first-order valence-corrected chi connectivity index (χ1v) is 8.44. The minimum atomic E-state index is -0.195. The summed E-state index contributed by atoms with van der Waals surface area (Å²) < 4.78 is 5.49. The number of ether oxygens (including phenoxy) is 1. The number of likely N-dealkylation sites (tertiary alicyclic amines) is 1. The van der Waals surface area contributed by atoms with Crippen molar-refractivity contribution in [1.82, 2.24) is 20.2 Å². The van der Waals surface area contributed by atoms with Crippen LogP contribution in [-0.4, -0.2) is 59.3 Å². The molecule has 0 aromatic carbocycles. The summed E-state index contributed by atoms with van der Waals surface area (Å²) in [6.45, 7) is 2.49. The van der Waals surface area contributed by atoms with Crippen LogP contribution in [0.2, 0.25) is 0 Å². The van der Waals surface area contributed by atoms with Gasteiger partial charge in [0.2, 0.25) is 0 Å². The predicted molar refractivity (Wildman–Crippen MR) is 92.1 cm³/mol. The molecule has 2 aliphatic heterocycles. The highest BCUT2D eigenvalue weighted by molar-refractivity contribution is 5.91. The number of H-pyrrole nitrogens is 1. The first-order valence-electron chi connectivity index (χ1n) is 8.44. The summed E-state index contributed by atoms with van der Waals surface area (Å²) in [4.78, 5) is 22.0. The Morgan fingerprint density at radius 2 is 2.29 bits per heavy atom. The van der Waals surface area contributed by atoms with Crippen LogP contribution in [0.3, 0.4) is 0 Å². The van der Waals surface area contributed by atoms with Crippen LogP contribution in [0.15, 0.2) is 24.5 Å². The lowest BCUT2D eigenvalue weighted by Crippen LogP contribution is -2.45. The zero-order chi connectivity index (χ0) is 16.6. The lowest BCUT2D eigenvalue weighted by Gasteiger charge is -2.39. The summed E-state index contributed by atoms with van der Waals surface area (Å²) in [7, 11) is 2.15. The summed E-state index contributed by atoms with van der Waals surface area (Å²) in [6.07, 6.45) is 6.64. The largest absolute Gasteiger partial charge is 0.381 e. The SMILES string of the molecule is CN1CC(NC(=O)Nc2cc3cc[nH]c3cn2)CC12CCOCC2. The van der Waals surface area contributed by atoms with Gasteiger partial charge in [0.1, 0.15) is 5.82 Å². The van der Waals surface area contributed by atoms with Crippen LogP contribution >= 0.6 is 0 Å². The molecule has 0 aliphatic carbocycles. The van der Waals surface area contributed by atoms with Gasteiger partial charge in [0.15, 0.2) is 0 Å². The second-order valence-electron chi connectivity index (χ2n) is 6.85. The molecule has 2 amide bonds. The second kappa shape index (κ2) is 6.07. The number of likely N-dealkylation sites (N-methyl/N-ethyl adjacent to an activating group) is 1. The van der Waals surface area contributed by atoms with Gasteiger partial charge < -0.3 is 15.0 Å². The van der Waals surface area contributed by atoms with Crippen molar-refractivity contribution in [3.63, 3.8) is 0 Å². The van der Waals surface area contributed by atoms with Crippen LogP contribution in [0, 0.1) is 0 Å². The third-order valence-electron chi connectivity index (χ3n) is 5.37. The van der Waals surface area contributed by atoms with Crippen LogP contribution < -0.4 is 10.6 Å². The molecule has 2 fully saturated rings. The first kappa shape index (κ1) is 15.4. The molecule has 0 bridgehead atoms. The standard InChI is InChI=1S/C17H23N5O2/c1-22-11-13(9-17(22)3-6-24-7-4-17)20-16(23)21-15-8-12-2-5-18-14(12)10-19-15/h2,5,8,10,13,18H,3-4,6-7,9,11H2,1H3,(H2,19,20,21,23). The highest BCUT2D eigenvalue weighted by Gasteiger charge is 2.44. The maximum Gasteiger partial charge on any atom is 0.320 e. The number of urea groups is 1. The smallest absolute Gasteiger partial charge is 0.320 e. The topological polar surface area (TPSA) is 82.3 Å². The average Bonchev–Trinajstić information content (AvgIpc) is 3.13. The van der Waals surface area contributed by atoms with Crippen molar-refractivity contribution in [2.75, 3.05) is 32.1 Å². The Morgan fingerprint density at radius 3 is 3.12 bits per heavy atom. The average molecular weight is 329 g/mol. The first-order chi connectivity index (χ1) is 11.6. The molecule has 24 heavy (non-hydrogen) atoms. The second-order valence-corrected chi connectivity index (χ2v) is 6.85. The number of nitrogens with zero attached hydrogens (tertiary/aromatic N) is 2. The molecule has 0 radical (unpaired) electrons. The molecule has 7 nitrogen and oxygen atoms in total. The van der Waals surface area contributed by atoms with Crippen molar-refractivity contribution in [3.8, 4) is 0 Å². The fourth-order valence-electron chi connectivity index (χ4n) is 3.99. The molecule has 2 saturated heterocycles. The maximum atomic E-state index is 12.3. The number of amides is 2. The molecule has 1 atom stereocenters. The number of hydrogen-bond donors (Lipinski definition) is 3. The molecule has 2 aromatic heterocycles. The van der Waals surface area contributed by atoms with Crippen LogP contribution in [0.4, 0.5) is 10.6 Å². The Balaban J connectivity index is 1.37. The van der Waals surface area contributed by atoms with Crippen molar-refractivity contribution < 1.29 is 9.53 Å². The third kappa shape index (κ3) is 2.85. The minimum absolute atomic E-state index is 0.157. The van der Waals surface area contributed by atoms with Crippen molar-refractivity contribution in [2.24, 2.45) is 0 Å². The zero-order valence-corrected chi connectivity index (χ0v) is 13.8. The van der Waals surface area contributed by atoms with Crippen molar-refractivity contribution >= 4 is 22.8 Å². The number of carbonyl (C=O) groups excluding carboxylic acids is 1.